The maximum atomic E-state index is 12.3. The highest BCUT2D eigenvalue weighted by molar-refractivity contribution is 7.16. The lowest BCUT2D eigenvalue weighted by atomic mass is 10.1. The largest absolute Gasteiger partial charge is 0.320 e. The van der Waals surface area contributed by atoms with Gasteiger partial charge in [-0.1, -0.05) is 29.0 Å². The number of imidazole rings is 1. The van der Waals surface area contributed by atoms with Crippen LogP contribution in [0.15, 0.2) is 18.3 Å². The molecule has 0 aliphatic heterocycles. The maximum Gasteiger partial charge on any atom is 0.276 e. The lowest BCUT2D eigenvalue weighted by Crippen LogP contribution is -2.14. The molecular formula is C15H16N4OS. The van der Waals surface area contributed by atoms with E-state index >= 15 is 0 Å². The minimum absolute atomic E-state index is 0.208. The van der Waals surface area contributed by atoms with E-state index in [0.717, 1.165) is 26.8 Å². The Morgan fingerprint density at radius 3 is 2.48 bits per heavy atom. The first-order chi connectivity index (χ1) is 9.94. The molecule has 0 bridgehead atoms. The summed E-state index contributed by atoms with van der Waals surface area (Å²) in [4.78, 5) is 17.4. The Balaban J connectivity index is 1.90. The zero-order valence-electron chi connectivity index (χ0n) is 12.4. The number of nitrogens with zero attached hydrogens (tertiary/aromatic N) is 3. The molecular weight excluding hydrogens is 284 g/mol. The van der Waals surface area contributed by atoms with Crippen LogP contribution < -0.4 is 5.32 Å². The van der Waals surface area contributed by atoms with E-state index in [0.29, 0.717) is 5.69 Å². The van der Waals surface area contributed by atoms with Crippen LogP contribution in [0.2, 0.25) is 0 Å². The minimum atomic E-state index is -0.208. The number of fused-ring (bicyclic) bond motifs is 1. The molecule has 0 saturated heterocycles. The van der Waals surface area contributed by atoms with Crippen LogP contribution in [-0.2, 0) is 0 Å². The molecule has 2 aromatic heterocycles. The summed E-state index contributed by atoms with van der Waals surface area (Å²) in [6.45, 7) is 7.94. The Labute approximate surface area is 126 Å². The first-order valence-corrected chi connectivity index (χ1v) is 7.47. The predicted octanol–water partition coefficient (Wildman–Crippen LogP) is 3.28. The van der Waals surface area contributed by atoms with E-state index in [1.807, 2.05) is 27.7 Å². The lowest BCUT2D eigenvalue weighted by molar-refractivity contribution is 0.102. The first-order valence-electron chi connectivity index (χ1n) is 6.66. The van der Waals surface area contributed by atoms with Crippen molar-refractivity contribution in [2.75, 3.05) is 5.32 Å². The van der Waals surface area contributed by atoms with Crippen LogP contribution in [0.25, 0.3) is 4.96 Å². The van der Waals surface area contributed by atoms with Crippen molar-refractivity contribution >= 4 is 27.9 Å². The average Bonchev–Trinajstić information content (AvgIpc) is 2.90. The fraction of sp³-hybridized carbons (Fsp3) is 0.267. The maximum absolute atomic E-state index is 12.3. The molecule has 0 radical (unpaired) electrons. The molecule has 1 amide bonds. The molecule has 0 atom stereocenters. The second-order valence-electron chi connectivity index (χ2n) is 5.20. The van der Waals surface area contributed by atoms with Crippen LogP contribution in [-0.4, -0.2) is 20.5 Å². The number of nitrogens with one attached hydrogen (secondary N) is 1. The fourth-order valence-electron chi connectivity index (χ4n) is 2.46. The van der Waals surface area contributed by atoms with E-state index < -0.39 is 0 Å². The lowest BCUT2D eigenvalue weighted by Gasteiger charge is -2.11. The summed E-state index contributed by atoms with van der Waals surface area (Å²) in [5.74, 6) is -0.208. The van der Waals surface area contributed by atoms with Crippen molar-refractivity contribution in [3.8, 4) is 0 Å². The van der Waals surface area contributed by atoms with Gasteiger partial charge in [-0.2, -0.15) is 5.10 Å². The molecule has 0 saturated carbocycles. The number of benzene rings is 1. The number of hydrogen-bond donors (Lipinski definition) is 1. The van der Waals surface area contributed by atoms with E-state index in [2.05, 4.69) is 27.5 Å². The van der Waals surface area contributed by atoms with Crippen molar-refractivity contribution in [3.05, 3.63) is 45.7 Å². The summed E-state index contributed by atoms with van der Waals surface area (Å²) >= 11 is 1.47. The monoisotopic (exact) mass is 300 g/mol. The average molecular weight is 300 g/mol. The number of aromatic nitrogens is 3. The topological polar surface area (TPSA) is 59.3 Å². The Kier molecular flexibility index (Phi) is 3.25. The molecule has 108 valence electrons. The minimum Gasteiger partial charge on any atom is -0.320 e. The van der Waals surface area contributed by atoms with Crippen molar-refractivity contribution in [2.24, 2.45) is 0 Å². The van der Waals surface area contributed by atoms with Crippen LogP contribution in [0, 0.1) is 27.7 Å². The van der Waals surface area contributed by atoms with E-state index in [9.17, 15) is 4.79 Å². The summed E-state index contributed by atoms with van der Waals surface area (Å²) in [6, 6.07) is 4.11. The highest BCUT2D eigenvalue weighted by atomic mass is 32.1. The Hall–Kier alpha value is -2.21. The highest BCUT2D eigenvalue weighted by Crippen LogP contribution is 2.23. The van der Waals surface area contributed by atoms with Crippen LogP contribution in [0.5, 0.6) is 0 Å². The quantitative estimate of drug-likeness (QED) is 0.790. The van der Waals surface area contributed by atoms with Crippen molar-refractivity contribution in [3.63, 3.8) is 0 Å². The Morgan fingerprint density at radius 2 is 1.86 bits per heavy atom. The molecule has 1 aromatic carbocycles. The van der Waals surface area contributed by atoms with Gasteiger partial charge in [-0.3, -0.25) is 4.79 Å². The van der Waals surface area contributed by atoms with Gasteiger partial charge >= 0.3 is 0 Å². The van der Waals surface area contributed by atoms with Crippen molar-refractivity contribution in [2.45, 2.75) is 27.7 Å². The number of aryl methyl sites for hydroxylation is 4. The summed E-state index contributed by atoms with van der Waals surface area (Å²) in [5, 5.41) is 8.14. The van der Waals surface area contributed by atoms with Crippen LogP contribution >= 0.6 is 11.3 Å². The van der Waals surface area contributed by atoms with Gasteiger partial charge < -0.3 is 5.32 Å². The van der Waals surface area contributed by atoms with Gasteiger partial charge in [0.1, 0.15) is 10.7 Å². The molecule has 0 fully saturated rings. The molecule has 1 N–H and O–H groups in total. The van der Waals surface area contributed by atoms with Gasteiger partial charge in [0.2, 0.25) is 4.96 Å². The second-order valence-corrected chi connectivity index (χ2v) is 6.36. The molecule has 0 aliphatic carbocycles. The molecule has 3 aromatic rings. The second kappa shape index (κ2) is 4.96. The number of amides is 1. The number of carbonyl (C=O) groups is 1. The number of anilines is 1. The van der Waals surface area contributed by atoms with E-state index in [1.165, 1.54) is 16.9 Å². The third-order valence-electron chi connectivity index (χ3n) is 3.29. The van der Waals surface area contributed by atoms with E-state index in [-0.39, 0.29) is 5.91 Å². The van der Waals surface area contributed by atoms with E-state index in [1.54, 1.807) is 10.7 Å². The van der Waals surface area contributed by atoms with Gasteiger partial charge in [-0.05, 0) is 38.8 Å². The SMILES string of the molecule is Cc1cc(C)c(NC(=O)c2cn3nc(C)sc3n2)c(C)c1. The van der Waals surface area contributed by atoms with Gasteiger partial charge in [0.25, 0.3) is 5.91 Å². The fourth-order valence-corrected chi connectivity index (χ4v) is 3.19. The summed E-state index contributed by atoms with van der Waals surface area (Å²) in [7, 11) is 0. The normalized spacial score (nSPS) is 11.0. The molecule has 0 spiro atoms. The predicted molar refractivity (Wildman–Crippen MR) is 84.2 cm³/mol. The molecule has 21 heavy (non-hydrogen) atoms. The standard InChI is InChI=1S/C15H16N4OS/c1-8-5-9(2)13(10(3)6-8)17-14(20)12-7-19-15(16-12)21-11(4)18-19/h5-7H,1-4H3,(H,17,20). The third-order valence-corrected chi connectivity index (χ3v) is 4.13. The number of hydrogen-bond acceptors (Lipinski definition) is 4. The smallest absolute Gasteiger partial charge is 0.276 e. The van der Waals surface area contributed by atoms with Gasteiger partial charge in [0, 0.05) is 5.69 Å². The van der Waals surface area contributed by atoms with Gasteiger partial charge in [-0.15, -0.1) is 0 Å². The Morgan fingerprint density at radius 1 is 1.19 bits per heavy atom. The zero-order chi connectivity index (χ0) is 15.1. The number of carbonyl (C=O) groups excluding carboxylic acids is 1. The molecule has 0 unspecified atom stereocenters. The van der Waals surface area contributed by atoms with E-state index in [4.69, 9.17) is 0 Å². The molecule has 3 rings (SSSR count). The van der Waals surface area contributed by atoms with Gasteiger partial charge in [0.05, 0.1) is 6.20 Å². The summed E-state index contributed by atoms with van der Waals surface area (Å²) in [5.41, 5.74) is 4.52. The van der Waals surface area contributed by atoms with Crippen molar-refractivity contribution < 1.29 is 4.79 Å². The van der Waals surface area contributed by atoms with Gasteiger partial charge in [0.15, 0.2) is 0 Å². The van der Waals surface area contributed by atoms with Gasteiger partial charge in [-0.25, -0.2) is 9.50 Å². The third kappa shape index (κ3) is 2.54. The molecule has 5 nitrogen and oxygen atoms in total. The Bertz CT molecular complexity index is 792. The first kappa shape index (κ1) is 13.8. The molecule has 6 heteroatoms. The van der Waals surface area contributed by atoms with Crippen molar-refractivity contribution in [1.82, 2.24) is 14.6 Å². The molecule has 2 heterocycles. The summed E-state index contributed by atoms with van der Waals surface area (Å²) < 4.78 is 1.64. The van der Waals surface area contributed by atoms with Crippen LogP contribution in [0.4, 0.5) is 5.69 Å². The van der Waals surface area contributed by atoms with Crippen molar-refractivity contribution in [1.29, 1.82) is 0 Å². The number of rotatable bonds is 2. The highest BCUT2D eigenvalue weighted by Gasteiger charge is 2.15. The summed E-state index contributed by atoms with van der Waals surface area (Å²) in [6.07, 6.45) is 1.66. The van der Waals surface area contributed by atoms with Crippen LogP contribution in [0.3, 0.4) is 0 Å². The molecule has 0 aliphatic rings. The van der Waals surface area contributed by atoms with Crippen LogP contribution in [0.1, 0.15) is 32.2 Å². The zero-order valence-corrected chi connectivity index (χ0v) is 13.2.